The highest BCUT2D eigenvalue weighted by atomic mass is 19.4. The Kier molecular flexibility index (Phi) is 4.75. The first-order chi connectivity index (χ1) is 14.5. The number of hydrogen-bond acceptors (Lipinski definition) is 3. The zero-order valence-electron chi connectivity index (χ0n) is 15.3. The van der Waals surface area contributed by atoms with Crippen molar-refractivity contribution >= 4 is 22.4 Å². The second kappa shape index (κ2) is 7.18. The molecular formula is C20H11F6N3O2. The second-order valence-corrected chi connectivity index (χ2v) is 6.48. The van der Waals surface area contributed by atoms with Crippen molar-refractivity contribution in [2.45, 2.75) is 12.4 Å². The van der Waals surface area contributed by atoms with Crippen LogP contribution in [0.1, 0.15) is 21.9 Å². The first-order valence-electron chi connectivity index (χ1n) is 8.66. The number of halogens is 6. The smallest absolute Gasteiger partial charge is 0.435 e. The van der Waals surface area contributed by atoms with Crippen LogP contribution >= 0.6 is 0 Å². The van der Waals surface area contributed by atoms with Crippen LogP contribution < -0.4 is 5.32 Å². The SMILES string of the molecule is O=C(Nc1ccc(-n2nc(C(F)(F)F)cc2C(F)(F)F)cc1)c1occ2ccccc12. The van der Waals surface area contributed by atoms with E-state index in [1.807, 2.05) is 0 Å². The van der Waals surface area contributed by atoms with Crippen LogP contribution in [-0.4, -0.2) is 15.7 Å². The van der Waals surface area contributed by atoms with Crippen molar-refractivity contribution in [2.24, 2.45) is 0 Å². The van der Waals surface area contributed by atoms with Crippen LogP contribution in [0.5, 0.6) is 0 Å². The van der Waals surface area contributed by atoms with Gasteiger partial charge in [0.1, 0.15) is 5.69 Å². The quantitative estimate of drug-likeness (QED) is 0.404. The number of nitrogens with zero attached hydrogens (tertiary/aromatic N) is 2. The highest BCUT2D eigenvalue weighted by Gasteiger charge is 2.42. The molecule has 4 rings (SSSR count). The van der Waals surface area contributed by atoms with E-state index in [0.717, 1.165) is 12.1 Å². The summed E-state index contributed by atoms with van der Waals surface area (Å²) in [5.41, 5.74) is -3.30. The van der Waals surface area contributed by atoms with Crippen molar-refractivity contribution in [1.82, 2.24) is 9.78 Å². The standard InChI is InChI=1S/C20H11F6N3O2/c21-19(22,23)15-9-16(20(24,25)26)29(28-15)13-7-5-12(6-8-13)27-18(30)17-14-4-2-1-3-11(14)10-31-17/h1-10H,(H,27,30). The number of fused-ring (bicyclic) bond motifs is 1. The molecular weight excluding hydrogens is 428 g/mol. The third kappa shape index (κ3) is 3.98. The van der Waals surface area contributed by atoms with Crippen molar-refractivity contribution in [1.29, 1.82) is 0 Å². The Balaban J connectivity index is 1.61. The predicted octanol–water partition coefficient (Wildman–Crippen LogP) is 5.91. The van der Waals surface area contributed by atoms with Crippen LogP contribution in [0.4, 0.5) is 32.0 Å². The van der Waals surface area contributed by atoms with Gasteiger partial charge in [0.15, 0.2) is 11.5 Å². The van der Waals surface area contributed by atoms with Crippen LogP contribution in [0, 0.1) is 0 Å². The average Bonchev–Trinajstić information content (AvgIpc) is 3.33. The Labute approximate surface area is 169 Å². The van der Waals surface area contributed by atoms with Crippen LogP contribution in [0.25, 0.3) is 16.5 Å². The number of amides is 1. The summed E-state index contributed by atoms with van der Waals surface area (Å²) in [5.74, 6) is -0.552. The normalized spacial score (nSPS) is 12.3. The molecule has 0 fully saturated rings. The molecule has 4 aromatic rings. The number of carbonyl (C=O) groups is 1. The van der Waals surface area contributed by atoms with Gasteiger partial charge in [-0.25, -0.2) is 4.68 Å². The summed E-state index contributed by atoms with van der Waals surface area (Å²) < 4.78 is 83.5. The summed E-state index contributed by atoms with van der Waals surface area (Å²) in [4.78, 5) is 12.4. The number of nitrogens with one attached hydrogen (secondary N) is 1. The van der Waals surface area contributed by atoms with Gasteiger partial charge in [0.05, 0.1) is 12.0 Å². The molecule has 2 aromatic carbocycles. The first kappa shape index (κ1) is 20.5. The third-order valence-electron chi connectivity index (χ3n) is 4.38. The number of rotatable bonds is 3. The van der Waals surface area contributed by atoms with Gasteiger partial charge < -0.3 is 9.73 Å². The molecule has 0 aliphatic rings. The maximum Gasteiger partial charge on any atom is 0.435 e. The van der Waals surface area contributed by atoms with E-state index >= 15 is 0 Å². The topological polar surface area (TPSA) is 60.1 Å². The fourth-order valence-electron chi connectivity index (χ4n) is 2.96. The summed E-state index contributed by atoms with van der Waals surface area (Å²) in [6.07, 6.45) is -8.68. The van der Waals surface area contributed by atoms with Crippen LogP contribution in [0.15, 0.2) is 65.3 Å². The molecule has 2 heterocycles. The van der Waals surface area contributed by atoms with E-state index in [2.05, 4.69) is 10.4 Å². The summed E-state index contributed by atoms with van der Waals surface area (Å²) >= 11 is 0. The summed E-state index contributed by atoms with van der Waals surface area (Å²) in [5, 5.41) is 6.86. The van der Waals surface area contributed by atoms with Gasteiger partial charge in [0.2, 0.25) is 0 Å². The molecule has 11 heteroatoms. The highest BCUT2D eigenvalue weighted by Crippen LogP contribution is 2.36. The lowest BCUT2D eigenvalue weighted by Gasteiger charge is -2.11. The van der Waals surface area contributed by atoms with E-state index in [9.17, 15) is 31.1 Å². The molecule has 0 aliphatic carbocycles. The number of aromatic nitrogens is 2. The number of anilines is 1. The molecule has 31 heavy (non-hydrogen) atoms. The zero-order chi connectivity index (χ0) is 22.4. The number of carbonyl (C=O) groups excluding carboxylic acids is 1. The van der Waals surface area contributed by atoms with E-state index in [1.54, 1.807) is 24.3 Å². The highest BCUT2D eigenvalue weighted by molar-refractivity contribution is 6.10. The number of alkyl halides is 6. The fraction of sp³-hybridized carbons (Fsp3) is 0.100. The van der Waals surface area contributed by atoms with Crippen LogP contribution in [0.3, 0.4) is 0 Å². The van der Waals surface area contributed by atoms with E-state index in [0.29, 0.717) is 10.8 Å². The molecule has 1 N–H and O–H groups in total. The minimum atomic E-state index is -5.05. The predicted molar refractivity (Wildman–Crippen MR) is 97.7 cm³/mol. The Bertz CT molecular complexity index is 1250. The van der Waals surface area contributed by atoms with Gasteiger partial charge in [-0.15, -0.1) is 0 Å². The Morgan fingerprint density at radius 1 is 0.935 bits per heavy atom. The van der Waals surface area contributed by atoms with Gasteiger partial charge in [-0.3, -0.25) is 4.79 Å². The van der Waals surface area contributed by atoms with E-state index in [4.69, 9.17) is 4.42 Å². The molecule has 5 nitrogen and oxygen atoms in total. The van der Waals surface area contributed by atoms with E-state index in [-0.39, 0.29) is 27.9 Å². The van der Waals surface area contributed by atoms with Crippen LogP contribution in [-0.2, 0) is 12.4 Å². The summed E-state index contributed by atoms with van der Waals surface area (Å²) in [6.45, 7) is 0. The molecule has 2 aromatic heterocycles. The van der Waals surface area contributed by atoms with E-state index in [1.165, 1.54) is 18.4 Å². The maximum atomic E-state index is 13.2. The number of furan rings is 1. The zero-order valence-corrected chi connectivity index (χ0v) is 15.3. The molecule has 0 radical (unpaired) electrons. The molecule has 0 unspecified atom stereocenters. The summed E-state index contributed by atoms with van der Waals surface area (Å²) in [6, 6.07) is 11.6. The average molecular weight is 439 g/mol. The monoisotopic (exact) mass is 439 g/mol. The molecule has 0 saturated heterocycles. The van der Waals surface area contributed by atoms with Gasteiger partial charge in [-0.2, -0.15) is 31.4 Å². The lowest BCUT2D eigenvalue weighted by molar-refractivity contribution is -0.143. The largest absolute Gasteiger partial charge is 0.458 e. The molecule has 0 saturated carbocycles. The second-order valence-electron chi connectivity index (χ2n) is 6.48. The first-order valence-corrected chi connectivity index (χ1v) is 8.66. The number of hydrogen-bond donors (Lipinski definition) is 1. The van der Waals surface area contributed by atoms with Crippen molar-refractivity contribution < 1.29 is 35.6 Å². The Morgan fingerprint density at radius 2 is 1.61 bits per heavy atom. The number of benzene rings is 2. The third-order valence-corrected chi connectivity index (χ3v) is 4.38. The van der Waals surface area contributed by atoms with Gasteiger partial charge >= 0.3 is 12.4 Å². The fourth-order valence-corrected chi connectivity index (χ4v) is 2.96. The van der Waals surface area contributed by atoms with Crippen molar-refractivity contribution in [3.05, 3.63) is 78.0 Å². The minimum absolute atomic E-state index is 0.0425. The lowest BCUT2D eigenvalue weighted by Crippen LogP contribution is -2.14. The van der Waals surface area contributed by atoms with Crippen molar-refractivity contribution in [3.8, 4) is 5.69 Å². The lowest BCUT2D eigenvalue weighted by atomic mass is 10.2. The Morgan fingerprint density at radius 3 is 2.26 bits per heavy atom. The molecule has 0 bridgehead atoms. The van der Waals surface area contributed by atoms with E-state index < -0.39 is 29.6 Å². The maximum absolute atomic E-state index is 13.2. The van der Waals surface area contributed by atoms with Gasteiger partial charge in [-0.05, 0) is 24.3 Å². The molecule has 0 atom stereocenters. The van der Waals surface area contributed by atoms with Gasteiger partial charge in [0, 0.05) is 22.5 Å². The van der Waals surface area contributed by atoms with Crippen molar-refractivity contribution in [3.63, 3.8) is 0 Å². The molecule has 0 aliphatic heterocycles. The van der Waals surface area contributed by atoms with Crippen molar-refractivity contribution in [2.75, 3.05) is 5.32 Å². The van der Waals surface area contributed by atoms with Gasteiger partial charge in [0.25, 0.3) is 5.91 Å². The molecule has 1 amide bonds. The molecule has 160 valence electrons. The Hall–Kier alpha value is -3.76. The minimum Gasteiger partial charge on any atom is -0.458 e. The van der Waals surface area contributed by atoms with Crippen LogP contribution in [0.2, 0.25) is 0 Å². The summed E-state index contributed by atoms with van der Waals surface area (Å²) in [7, 11) is 0. The molecule has 0 spiro atoms. The van der Waals surface area contributed by atoms with Gasteiger partial charge in [-0.1, -0.05) is 24.3 Å².